The number of benzene rings is 6. The highest BCUT2D eigenvalue weighted by Crippen LogP contribution is 2.37. The van der Waals surface area contributed by atoms with Gasteiger partial charge in [-0.1, -0.05) is 77.9 Å². The van der Waals surface area contributed by atoms with Crippen molar-refractivity contribution in [2.24, 2.45) is 5.11 Å². The van der Waals surface area contributed by atoms with Crippen LogP contribution in [-0.4, -0.2) is 124 Å². The Labute approximate surface area is 467 Å². The number of hydrogen-bond acceptors (Lipinski definition) is 17. The Balaban J connectivity index is 1.20. The molecule has 426 valence electrons. The summed E-state index contributed by atoms with van der Waals surface area (Å²) in [5.74, 6) is 4.17. The van der Waals surface area contributed by atoms with E-state index < -0.39 is 61.3 Å². The zero-order chi connectivity index (χ0) is 56.1. The summed E-state index contributed by atoms with van der Waals surface area (Å²) in [6.45, 7) is 0.838. The summed E-state index contributed by atoms with van der Waals surface area (Å²) in [5, 5.41) is 4.18. The van der Waals surface area contributed by atoms with Gasteiger partial charge in [-0.25, -0.2) is 0 Å². The van der Waals surface area contributed by atoms with Gasteiger partial charge in [0.2, 0.25) is 0 Å². The molecule has 2 aliphatic heterocycles. The Morgan fingerprint density at radius 1 is 0.362 bits per heavy atom. The van der Waals surface area contributed by atoms with Crippen LogP contribution >= 0.6 is 0 Å². The second kappa shape index (κ2) is 30.6. The molecule has 2 aliphatic rings. The van der Waals surface area contributed by atoms with Crippen LogP contribution in [-0.2, 0) is 87.0 Å². The quantitative estimate of drug-likeness (QED) is 0.0234. The summed E-state index contributed by atoms with van der Waals surface area (Å²) < 4.78 is 101. The Kier molecular flexibility index (Phi) is 22.6. The van der Waals surface area contributed by atoms with Crippen LogP contribution in [0.1, 0.15) is 33.4 Å². The van der Waals surface area contributed by atoms with Crippen molar-refractivity contribution in [2.75, 3.05) is 63.0 Å². The molecule has 6 aromatic rings. The first-order valence-corrected chi connectivity index (χ1v) is 26.2. The molecular weight excluding hydrogens is 1030 g/mol. The highest BCUT2D eigenvalue weighted by molar-refractivity contribution is 5.31. The number of rotatable bonds is 30. The fourth-order valence-electron chi connectivity index (χ4n) is 9.32. The van der Waals surface area contributed by atoms with Gasteiger partial charge in [0, 0.05) is 12.0 Å². The summed E-state index contributed by atoms with van der Waals surface area (Å²) in [6, 6.07) is 45.3. The van der Waals surface area contributed by atoms with E-state index in [-0.39, 0.29) is 52.9 Å². The van der Waals surface area contributed by atoms with Crippen molar-refractivity contribution in [3.8, 4) is 34.5 Å². The minimum absolute atomic E-state index is 0.0531. The molecule has 0 aliphatic carbocycles. The van der Waals surface area contributed by atoms with Crippen LogP contribution in [0.4, 0.5) is 0 Å². The third kappa shape index (κ3) is 16.3. The summed E-state index contributed by atoms with van der Waals surface area (Å²) in [4.78, 5) is 3.24. The molecule has 6 aromatic carbocycles. The van der Waals surface area contributed by atoms with E-state index in [1.807, 2.05) is 146 Å². The van der Waals surface area contributed by atoms with E-state index in [1.54, 1.807) is 49.8 Å². The molecule has 0 N–H and O–H groups in total. The maximum atomic E-state index is 10.1. The Bertz CT molecular complexity index is 2790. The molecule has 2 saturated heterocycles. The maximum Gasteiger partial charge on any atom is 0.187 e. The SMILES string of the molecule is COc1ccc(COC[C@H]2O[C@@H](N=[N+]=[N-])[C@H](OCc3ccc(OC)cc3)[C@@H](OCc3ccc(OC)cc3)[C@@H]2O[C@@H]2O[C@H](COCc3ccc(OC)cc3)[C@@H](OC)[C@H](OCc3ccc(OC)cc3)[C@H]2OCc2ccc(OC)cc2)cc1. The zero-order valence-electron chi connectivity index (χ0n) is 46.2. The summed E-state index contributed by atoms with van der Waals surface area (Å²) in [6.07, 6.45) is -9.98. The van der Waals surface area contributed by atoms with Crippen molar-refractivity contribution in [3.05, 3.63) is 189 Å². The predicted octanol–water partition coefficient (Wildman–Crippen LogP) is 9.97. The third-order valence-electron chi connectivity index (χ3n) is 13.8. The van der Waals surface area contributed by atoms with Gasteiger partial charge in [0.1, 0.15) is 83.3 Å². The lowest BCUT2D eigenvalue weighted by Crippen LogP contribution is -2.66. The third-order valence-corrected chi connectivity index (χ3v) is 13.8. The highest BCUT2D eigenvalue weighted by atomic mass is 16.7. The molecule has 0 radical (unpaired) electrons. The van der Waals surface area contributed by atoms with Crippen molar-refractivity contribution in [1.82, 2.24) is 0 Å². The van der Waals surface area contributed by atoms with Crippen molar-refractivity contribution < 1.29 is 75.8 Å². The number of ether oxygens (including phenoxy) is 16. The van der Waals surface area contributed by atoms with Gasteiger partial charge < -0.3 is 75.8 Å². The van der Waals surface area contributed by atoms with Crippen LogP contribution in [0.2, 0.25) is 0 Å². The number of hydrogen-bond donors (Lipinski definition) is 0. The van der Waals surface area contributed by atoms with Crippen LogP contribution < -0.4 is 28.4 Å². The molecule has 0 aromatic heterocycles. The van der Waals surface area contributed by atoms with E-state index in [1.165, 1.54) is 0 Å². The van der Waals surface area contributed by atoms with Gasteiger partial charge in [-0.15, -0.1) is 0 Å². The molecule has 8 rings (SSSR count). The number of methoxy groups -OCH3 is 7. The second-order valence-corrected chi connectivity index (χ2v) is 18.8. The molecule has 80 heavy (non-hydrogen) atoms. The van der Waals surface area contributed by atoms with Gasteiger partial charge in [-0.05, 0) is 112 Å². The molecular formula is C61H71N3O16. The minimum atomic E-state index is -1.24. The van der Waals surface area contributed by atoms with Gasteiger partial charge in [-0.2, -0.15) is 0 Å². The van der Waals surface area contributed by atoms with E-state index >= 15 is 0 Å². The largest absolute Gasteiger partial charge is 0.497 e. The molecule has 2 fully saturated rings. The van der Waals surface area contributed by atoms with Crippen molar-refractivity contribution in [2.45, 2.75) is 101 Å². The van der Waals surface area contributed by atoms with E-state index in [9.17, 15) is 5.53 Å². The number of azide groups is 1. The van der Waals surface area contributed by atoms with Crippen LogP contribution in [0.15, 0.2) is 151 Å². The van der Waals surface area contributed by atoms with E-state index in [4.69, 9.17) is 75.8 Å². The topological polar surface area (TPSA) is 196 Å². The Hall–Kier alpha value is -6.97. The van der Waals surface area contributed by atoms with Crippen molar-refractivity contribution in [3.63, 3.8) is 0 Å². The van der Waals surface area contributed by atoms with E-state index in [0.29, 0.717) is 28.7 Å². The average molecular weight is 1100 g/mol. The van der Waals surface area contributed by atoms with E-state index in [2.05, 4.69) is 10.0 Å². The zero-order valence-corrected chi connectivity index (χ0v) is 46.2. The molecule has 19 heteroatoms. The molecule has 19 nitrogen and oxygen atoms in total. The fraction of sp³-hybridized carbons (Fsp3) is 0.410. The van der Waals surface area contributed by atoms with Crippen LogP contribution in [0.25, 0.3) is 10.4 Å². The van der Waals surface area contributed by atoms with Gasteiger partial charge >= 0.3 is 0 Å². The lowest BCUT2D eigenvalue weighted by Gasteiger charge is -2.49. The summed E-state index contributed by atoms with van der Waals surface area (Å²) >= 11 is 0. The fourth-order valence-corrected chi connectivity index (χ4v) is 9.32. The molecule has 0 spiro atoms. The first kappa shape index (κ1) is 59.2. The monoisotopic (exact) mass is 1100 g/mol. The average Bonchev–Trinajstić information content (AvgIpc) is 3.53. The Morgan fingerprint density at radius 3 is 0.988 bits per heavy atom. The molecule has 10 atom stereocenters. The number of nitrogens with zero attached hydrogens (tertiary/aromatic N) is 3. The molecule has 0 bridgehead atoms. The van der Waals surface area contributed by atoms with Gasteiger partial charge in [0.25, 0.3) is 0 Å². The normalized spacial score (nSPS) is 22.6. The highest BCUT2D eigenvalue weighted by Gasteiger charge is 2.54. The van der Waals surface area contributed by atoms with Gasteiger partial charge in [0.05, 0.1) is 95.5 Å². The summed E-state index contributed by atoms with van der Waals surface area (Å²) in [5.41, 5.74) is 15.3. The standard InChI is InChI=1S/C61H71N3O16/c1-65-46-20-8-40(9-21-46)32-72-38-52-54(71-7)56(74-34-42-12-24-48(67-3)25-13-42)59(77-37-45-18-30-51(70-6)31-19-45)61(79-52)80-55-53(39-73-33-41-10-22-47(66-2)23-11-41)78-60(63-64-62)58(76-36-44-16-28-50(69-5)29-17-44)57(55)75-35-43-14-26-49(68-4)27-15-43/h8-31,52-61H,32-39H2,1-7H3/t52-,53-,54-,55-,56+,57+,58-,59-,60-,61+/m1/s1. The van der Waals surface area contributed by atoms with Gasteiger partial charge in [-0.3, -0.25) is 0 Å². The second-order valence-electron chi connectivity index (χ2n) is 18.8. The molecule has 0 unspecified atom stereocenters. The van der Waals surface area contributed by atoms with Crippen LogP contribution in [0, 0.1) is 0 Å². The van der Waals surface area contributed by atoms with Crippen LogP contribution in [0.3, 0.4) is 0 Å². The lowest BCUT2D eigenvalue weighted by atomic mass is 9.95. The minimum Gasteiger partial charge on any atom is -0.497 e. The Morgan fingerprint density at radius 2 is 0.662 bits per heavy atom. The predicted molar refractivity (Wildman–Crippen MR) is 294 cm³/mol. The smallest absolute Gasteiger partial charge is 0.187 e. The molecule has 2 heterocycles. The van der Waals surface area contributed by atoms with Crippen molar-refractivity contribution >= 4 is 0 Å². The maximum absolute atomic E-state index is 10.1. The van der Waals surface area contributed by atoms with Gasteiger partial charge in [0.15, 0.2) is 12.5 Å². The molecule has 0 amide bonds. The van der Waals surface area contributed by atoms with Crippen LogP contribution in [0.5, 0.6) is 34.5 Å². The first-order chi connectivity index (χ1) is 39.2. The lowest BCUT2D eigenvalue weighted by molar-refractivity contribution is -0.360. The van der Waals surface area contributed by atoms with Crippen molar-refractivity contribution in [1.29, 1.82) is 0 Å². The van der Waals surface area contributed by atoms with E-state index in [0.717, 1.165) is 39.1 Å². The first-order valence-electron chi connectivity index (χ1n) is 26.2. The molecule has 0 saturated carbocycles. The summed E-state index contributed by atoms with van der Waals surface area (Å²) in [7, 11) is 11.3.